The van der Waals surface area contributed by atoms with E-state index < -0.39 is 5.41 Å². The van der Waals surface area contributed by atoms with Crippen molar-refractivity contribution in [1.29, 1.82) is 0 Å². The molecule has 0 atom stereocenters. The fourth-order valence-electron chi connectivity index (χ4n) is 3.44. The molecule has 0 unspecified atom stereocenters. The molecular formula is C25H23NO3. The third kappa shape index (κ3) is 3.79. The van der Waals surface area contributed by atoms with Gasteiger partial charge in [-0.15, -0.1) is 0 Å². The number of amides is 1. The van der Waals surface area contributed by atoms with Crippen LogP contribution in [0.1, 0.15) is 34.3 Å². The number of aryl methyl sites for hydroxylation is 1. The predicted octanol–water partition coefficient (Wildman–Crippen LogP) is 4.91. The minimum atomic E-state index is -0.516. The van der Waals surface area contributed by atoms with Gasteiger partial charge in [-0.3, -0.25) is 9.59 Å². The molecule has 0 N–H and O–H groups in total. The Hall–Kier alpha value is -3.40. The number of anilines is 1. The van der Waals surface area contributed by atoms with Crippen molar-refractivity contribution in [3.05, 3.63) is 95.6 Å². The second-order valence-electron chi connectivity index (χ2n) is 7.56. The third-order valence-electron chi connectivity index (χ3n) is 5.50. The Bertz CT molecular complexity index is 1020. The summed E-state index contributed by atoms with van der Waals surface area (Å²) in [5.41, 5.74) is 2.97. The van der Waals surface area contributed by atoms with Crippen LogP contribution in [0.3, 0.4) is 0 Å². The van der Waals surface area contributed by atoms with Gasteiger partial charge in [0.05, 0.1) is 5.41 Å². The number of carbonyl (C=O) groups excluding carboxylic acids is 2. The van der Waals surface area contributed by atoms with Crippen LogP contribution in [0.5, 0.6) is 5.75 Å². The predicted molar refractivity (Wildman–Crippen MR) is 113 cm³/mol. The SMILES string of the molecule is Cc1ccc(C(=O)N(C)c2ccc(OC(=O)C3(c4ccccc4)CC3)cc2)cc1. The highest BCUT2D eigenvalue weighted by Crippen LogP contribution is 2.49. The molecule has 0 aromatic heterocycles. The Labute approximate surface area is 170 Å². The van der Waals surface area contributed by atoms with Crippen molar-refractivity contribution in [1.82, 2.24) is 0 Å². The van der Waals surface area contributed by atoms with Crippen molar-refractivity contribution < 1.29 is 14.3 Å². The molecule has 0 radical (unpaired) electrons. The average molecular weight is 385 g/mol. The molecule has 1 aliphatic rings. The average Bonchev–Trinajstić information content (AvgIpc) is 3.57. The van der Waals surface area contributed by atoms with Crippen molar-refractivity contribution in [2.24, 2.45) is 0 Å². The Morgan fingerprint density at radius 1 is 0.862 bits per heavy atom. The first kappa shape index (κ1) is 18.9. The molecule has 146 valence electrons. The zero-order valence-corrected chi connectivity index (χ0v) is 16.6. The van der Waals surface area contributed by atoms with Crippen LogP contribution in [0.15, 0.2) is 78.9 Å². The summed E-state index contributed by atoms with van der Waals surface area (Å²) in [4.78, 5) is 27.0. The fraction of sp³-hybridized carbons (Fsp3) is 0.200. The molecule has 0 heterocycles. The van der Waals surface area contributed by atoms with Gasteiger partial charge in [-0.25, -0.2) is 0 Å². The molecule has 29 heavy (non-hydrogen) atoms. The van der Waals surface area contributed by atoms with Gasteiger partial charge in [-0.05, 0) is 61.7 Å². The lowest BCUT2D eigenvalue weighted by atomic mass is 9.96. The number of carbonyl (C=O) groups is 2. The summed E-state index contributed by atoms with van der Waals surface area (Å²) in [6, 6.07) is 24.3. The first-order valence-corrected chi connectivity index (χ1v) is 9.72. The van der Waals surface area contributed by atoms with E-state index in [1.165, 1.54) is 0 Å². The Kier molecular flexibility index (Phi) is 4.93. The standard InChI is InChI=1S/C25H23NO3/c1-18-8-10-19(11-9-18)23(27)26(2)21-12-14-22(15-13-21)29-24(28)25(16-17-25)20-6-4-3-5-7-20/h3-15H,16-17H2,1-2H3. The first-order chi connectivity index (χ1) is 14.0. The highest BCUT2D eigenvalue weighted by atomic mass is 16.5. The van der Waals surface area contributed by atoms with Crippen LogP contribution >= 0.6 is 0 Å². The van der Waals surface area contributed by atoms with Gasteiger partial charge in [-0.1, -0.05) is 48.0 Å². The highest BCUT2D eigenvalue weighted by molar-refractivity contribution is 6.05. The molecule has 0 saturated heterocycles. The molecule has 3 aromatic rings. The third-order valence-corrected chi connectivity index (χ3v) is 5.50. The van der Waals surface area contributed by atoms with Crippen LogP contribution in [0.2, 0.25) is 0 Å². The Balaban J connectivity index is 1.45. The van der Waals surface area contributed by atoms with Crippen LogP contribution < -0.4 is 9.64 Å². The van der Waals surface area contributed by atoms with E-state index in [-0.39, 0.29) is 11.9 Å². The van der Waals surface area contributed by atoms with E-state index in [9.17, 15) is 9.59 Å². The number of benzene rings is 3. The smallest absolute Gasteiger partial charge is 0.321 e. The van der Waals surface area contributed by atoms with Crippen LogP contribution in [0.25, 0.3) is 0 Å². The summed E-state index contributed by atoms with van der Waals surface area (Å²) in [6.45, 7) is 1.99. The van der Waals surface area contributed by atoms with E-state index in [4.69, 9.17) is 4.74 Å². The summed E-state index contributed by atoms with van der Waals surface area (Å²) in [5.74, 6) is 0.174. The maximum atomic E-state index is 12.7. The van der Waals surface area contributed by atoms with E-state index in [1.807, 2.05) is 61.5 Å². The first-order valence-electron chi connectivity index (χ1n) is 9.72. The van der Waals surface area contributed by atoms with E-state index >= 15 is 0 Å². The van der Waals surface area contributed by atoms with Gasteiger partial charge in [-0.2, -0.15) is 0 Å². The summed E-state index contributed by atoms with van der Waals surface area (Å²) in [5, 5.41) is 0. The second kappa shape index (κ2) is 7.55. The number of hydrogen-bond acceptors (Lipinski definition) is 3. The molecule has 1 fully saturated rings. The van der Waals surface area contributed by atoms with Crippen molar-refractivity contribution in [2.45, 2.75) is 25.2 Å². The summed E-state index contributed by atoms with van der Waals surface area (Å²) < 4.78 is 5.65. The number of nitrogens with zero attached hydrogens (tertiary/aromatic N) is 1. The molecule has 4 nitrogen and oxygen atoms in total. The van der Waals surface area contributed by atoms with Gasteiger partial charge in [0.15, 0.2) is 0 Å². The minimum absolute atomic E-state index is 0.0873. The van der Waals surface area contributed by atoms with Crippen LogP contribution in [-0.4, -0.2) is 18.9 Å². The lowest BCUT2D eigenvalue weighted by Crippen LogP contribution is -2.26. The Morgan fingerprint density at radius 3 is 2.07 bits per heavy atom. The number of esters is 1. The maximum absolute atomic E-state index is 12.7. The van der Waals surface area contributed by atoms with Crippen molar-refractivity contribution in [3.8, 4) is 5.75 Å². The topological polar surface area (TPSA) is 46.6 Å². The lowest BCUT2D eigenvalue weighted by molar-refractivity contribution is -0.137. The van der Waals surface area contributed by atoms with Crippen molar-refractivity contribution in [3.63, 3.8) is 0 Å². The molecule has 0 bridgehead atoms. The Morgan fingerprint density at radius 2 is 1.48 bits per heavy atom. The number of ether oxygens (including phenoxy) is 1. The summed E-state index contributed by atoms with van der Waals surface area (Å²) >= 11 is 0. The van der Waals surface area contributed by atoms with E-state index in [0.29, 0.717) is 11.3 Å². The van der Waals surface area contributed by atoms with Crippen molar-refractivity contribution in [2.75, 3.05) is 11.9 Å². The van der Waals surface area contributed by atoms with E-state index in [1.54, 1.807) is 36.2 Å². The largest absolute Gasteiger partial charge is 0.426 e. The highest BCUT2D eigenvalue weighted by Gasteiger charge is 2.52. The molecule has 4 heteroatoms. The van der Waals surface area contributed by atoms with Gasteiger partial charge in [0, 0.05) is 18.3 Å². The maximum Gasteiger partial charge on any atom is 0.321 e. The van der Waals surface area contributed by atoms with E-state index in [0.717, 1.165) is 29.7 Å². The molecule has 0 spiro atoms. The van der Waals surface area contributed by atoms with Crippen LogP contribution in [0, 0.1) is 6.92 Å². The second-order valence-corrected chi connectivity index (χ2v) is 7.56. The summed E-state index contributed by atoms with van der Waals surface area (Å²) in [6.07, 6.45) is 1.61. The fourth-order valence-corrected chi connectivity index (χ4v) is 3.44. The van der Waals surface area contributed by atoms with Gasteiger partial charge in [0.2, 0.25) is 0 Å². The van der Waals surface area contributed by atoms with Crippen LogP contribution in [0.4, 0.5) is 5.69 Å². The van der Waals surface area contributed by atoms with Gasteiger partial charge in [0.25, 0.3) is 5.91 Å². The molecule has 0 aliphatic heterocycles. The zero-order valence-electron chi connectivity index (χ0n) is 16.6. The van der Waals surface area contributed by atoms with E-state index in [2.05, 4.69) is 0 Å². The lowest BCUT2D eigenvalue weighted by Gasteiger charge is -2.18. The number of hydrogen-bond donors (Lipinski definition) is 0. The molecule has 1 saturated carbocycles. The minimum Gasteiger partial charge on any atom is -0.426 e. The normalized spacial score (nSPS) is 14.1. The van der Waals surface area contributed by atoms with Crippen LogP contribution in [-0.2, 0) is 10.2 Å². The number of rotatable bonds is 5. The van der Waals surface area contributed by atoms with Gasteiger partial charge < -0.3 is 9.64 Å². The zero-order chi connectivity index (χ0) is 20.4. The molecule has 4 rings (SSSR count). The summed E-state index contributed by atoms with van der Waals surface area (Å²) in [7, 11) is 1.73. The molecule has 1 aliphatic carbocycles. The monoisotopic (exact) mass is 385 g/mol. The molecule has 3 aromatic carbocycles. The van der Waals surface area contributed by atoms with Gasteiger partial charge >= 0.3 is 5.97 Å². The van der Waals surface area contributed by atoms with Gasteiger partial charge in [0.1, 0.15) is 5.75 Å². The molecular weight excluding hydrogens is 362 g/mol. The van der Waals surface area contributed by atoms with Crippen molar-refractivity contribution >= 4 is 17.6 Å². The quantitative estimate of drug-likeness (QED) is 0.463. The molecule has 1 amide bonds.